The summed E-state index contributed by atoms with van der Waals surface area (Å²) in [6.07, 6.45) is 1.70. The first-order valence-corrected chi connectivity index (χ1v) is 11.8. The zero-order valence-electron chi connectivity index (χ0n) is 16.0. The predicted octanol–water partition coefficient (Wildman–Crippen LogP) is 3.76. The maximum atomic E-state index is 13.4. The number of rotatable bonds is 4. The Bertz CT molecular complexity index is 1320. The quantitative estimate of drug-likeness (QED) is 0.339. The molecule has 0 saturated heterocycles. The van der Waals surface area contributed by atoms with Gasteiger partial charge in [0, 0.05) is 28.7 Å². The number of carbonyl (C=O) groups excluding carboxylic acids is 1. The molecule has 0 N–H and O–H groups in total. The van der Waals surface area contributed by atoms with Gasteiger partial charge in [-0.15, -0.1) is 0 Å². The van der Waals surface area contributed by atoms with Crippen molar-refractivity contribution in [2.24, 2.45) is 4.99 Å². The molecule has 0 fully saturated rings. The summed E-state index contributed by atoms with van der Waals surface area (Å²) < 4.78 is 14.5. The SMILES string of the molecule is CCOC(=O)C1=C(C)N=c2s/c(=C/c3cc(Br)c(I)o3)c(=O)n2[C@@H]1c1ccccc1. The molecule has 30 heavy (non-hydrogen) atoms. The average Bonchev–Trinajstić information content (AvgIpc) is 3.19. The predicted molar refractivity (Wildman–Crippen MR) is 126 cm³/mol. The van der Waals surface area contributed by atoms with Crippen LogP contribution >= 0.6 is 49.9 Å². The van der Waals surface area contributed by atoms with E-state index in [2.05, 4.69) is 43.5 Å². The lowest BCUT2D eigenvalue weighted by atomic mass is 9.96. The molecule has 0 unspecified atom stereocenters. The van der Waals surface area contributed by atoms with Gasteiger partial charge < -0.3 is 9.15 Å². The van der Waals surface area contributed by atoms with E-state index in [9.17, 15) is 9.59 Å². The highest BCUT2D eigenvalue weighted by Crippen LogP contribution is 2.30. The van der Waals surface area contributed by atoms with E-state index >= 15 is 0 Å². The third-order valence-corrected chi connectivity index (χ3v) is 7.68. The molecule has 0 amide bonds. The van der Waals surface area contributed by atoms with E-state index in [1.807, 2.05) is 36.4 Å². The van der Waals surface area contributed by atoms with Gasteiger partial charge in [-0.25, -0.2) is 9.79 Å². The van der Waals surface area contributed by atoms with E-state index in [1.165, 1.54) is 11.3 Å². The number of esters is 1. The van der Waals surface area contributed by atoms with Crippen LogP contribution in [0.15, 0.2) is 66.3 Å². The molecule has 0 bridgehead atoms. The Morgan fingerprint density at radius 1 is 1.40 bits per heavy atom. The van der Waals surface area contributed by atoms with Crippen LogP contribution in [0.4, 0.5) is 0 Å². The van der Waals surface area contributed by atoms with Crippen LogP contribution < -0.4 is 14.9 Å². The molecule has 0 aliphatic carbocycles. The van der Waals surface area contributed by atoms with E-state index in [1.54, 1.807) is 24.5 Å². The maximum Gasteiger partial charge on any atom is 0.338 e. The fourth-order valence-corrected chi connectivity index (χ4v) is 5.05. The van der Waals surface area contributed by atoms with Crippen LogP contribution in [0.25, 0.3) is 6.08 Å². The minimum Gasteiger partial charge on any atom is -0.463 e. The molecule has 1 aliphatic rings. The third-order valence-electron chi connectivity index (χ3n) is 4.57. The van der Waals surface area contributed by atoms with Gasteiger partial charge in [-0.3, -0.25) is 9.36 Å². The molecule has 9 heteroatoms. The second kappa shape index (κ2) is 8.64. The van der Waals surface area contributed by atoms with Crippen LogP contribution in [0.3, 0.4) is 0 Å². The van der Waals surface area contributed by atoms with E-state index in [0.717, 1.165) is 10.0 Å². The lowest BCUT2D eigenvalue weighted by Gasteiger charge is -2.24. The number of furan rings is 1. The van der Waals surface area contributed by atoms with Crippen LogP contribution in [0.2, 0.25) is 0 Å². The van der Waals surface area contributed by atoms with Gasteiger partial charge in [0.25, 0.3) is 5.56 Å². The molecular formula is C21H16BrIN2O4S. The molecule has 1 atom stereocenters. The van der Waals surface area contributed by atoms with Gasteiger partial charge in [-0.2, -0.15) is 0 Å². The minimum atomic E-state index is -0.605. The average molecular weight is 599 g/mol. The molecule has 0 radical (unpaired) electrons. The van der Waals surface area contributed by atoms with Crippen molar-refractivity contribution in [3.63, 3.8) is 0 Å². The van der Waals surface area contributed by atoms with Gasteiger partial charge in [0.05, 0.1) is 32.9 Å². The monoisotopic (exact) mass is 598 g/mol. The van der Waals surface area contributed by atoms with Gasteiger partial charge >= 0.3 is 5.97 Å². The highest BCUT2D eigenvalue weighted by molar-refractivity contribution is 14.1. The summed E-state index contributed by atoms with van der Waals surface area (Å²) in [6, 6.07) is 10.6. The number of ether oxygens (including phenoxy) is 1. The summed E-state index contributed by atoms with van der Waals surface area (Å²) in [4.78, 5) is 31.2. The van der Waals surface area contributed by atoms with Crippen molar-refractivity contribution >= 4 is 61.9 Å². The van der Waals surface area contributed by atoms with Gasteiger partial charge in [0.2, 0.25) is 0 Å². The smallest absolute Gasteiger partial charge is 0.338 e. The van der Waals surface area contributed by atoms with E-state index in [-0.39, 0.29) is 12.2 Å². The Hall–Kier alpha value is -1.98. The zero-order chi connectivity index (χ0) is 21.4. The number of aromatic nitrogens is 1. The summed E-state index contributed by atoms with van der Waals surface area (Å²) in [5, 5.41) is 0. The molecule has 0 saturated carbocycles. The summed E-state index contributed by atoms with van der Waals surface area (Å²) in [6.45, 7) is 3.77. The standard InChI is InChI=1S/C21H16BrIN2O4S/c1-3-28-20(27)16-11(2)24-21-25(17(16)12-7-5-4-6-8-12)19(26)15(30-21)10-13-9-14(22)18(23)29-13/h4-10,17H,3H2,1-2H3/b15-10+/t17-/m1/s1. The van der Waals surface area contributed by atoms with Crippen molar-refractivity contribution in [2.75, 3.05) is 6.61 Å². The summed E-state index contributed by atoms with van der Waals surface area (Å²) >= 11 is 6.75. The van der Waals surface area contributed by atoms with Crippen LogP contribution in [0, 0.1) is 3.77 Å². The Morgan fingerprint density at radius 3 is 2.77 bits per heavy atom. The number of hydrogen-bond acceptors (Lipinski definition) is 6. The molecule has 0 spiro atoms. The van der Waals surface area contributed by atoms with Crippen LogP contribution in [0.1, 0.15) is 31.2 Å². The lowest BCUT2D eigenvalue weighted by molar-refractivity contribution is -0.139. The number of halogens is 2. The van der Waals surface area contributed by atoms with Crippen molar-refractivity contribution in [3.05, 3.63) is 86.9 Å². The highest BCUT2D eigenvalue weighted by atomic mass is 127. The van der Waals surface area contributed by atoms with Gasteiger partial charge in [0.15, 0.2) is 8.57 Å². The van der Waals surface area contributed by atoms with Gasteiger partial charge in [-0.1, -0.05) is 41.7 Å². The minimum absolute atomic E-state index is 0.232. The number of benzene rings is 1. The largest absolute Gasteiger partial charge is 0.463 e. The number of thiazole rings is 1. The van der Waals surface area contributed by atoms with Crippen LogP contribution in [-0.2, 0) is 9.53 Å². The summed E-state index contributed by atoms with van der Waals surface area (Å²) in [7, 11) is 0. The normalized spacial score (nSPS) is 16.4. The summed E-state index contributed by atoms with van der Waals surface area (Å²) in [5.41, 5.74) is 1.50. The van der Waals surface area contributed by atoms with E-state index in [4.69, 9.17) is 9.15 Å². The Kier molecular flexibility index (Phi) is 6.12. The zero-order valence-corrected chi connectivity index (χ0v) is 20.6. The highest BCUT2D eigenvalue weighted by Gasteiger charge is 2.33. The second-order valence-electron chi connectivity index (χ2n) is 6.48. The van der Waals surface area contributed by atoms with Crippen LogP contribution in [0.5, 0.6) is 0 Å². The van der Waals surface area contributed by atoms with Crippen molar-refractivity contribution < 1.29 is 13.9 Å². The van der Waals surface area contributed by atoms with Crippen molar-refractivity contribution in [1.82, 2.24) is 4.57 Å². The molecule has 3 aromatic rings. The van der Waals surface area contributed by atoms with Gasteiger partial charge in [-0.05, 0) is 41.4 Å². The van der Waals surface area contributed by atoms with Crippen molar-refractivity contribution in [2.45, 2.75) is 19.9 Å². The Balaban J connectivity index is 1.95. The number of allylic oxidation sites excluding steroid dienone is 1. The number of hydrogen-bond donors (Lipinski definition) is 0. The molecule has 1 aromatic carbocycles. The maximum absolute atomic E-state index is 13.4. The fourth-order valence-electron chi connectivity index (χ4n) is 3.31. The topological polar surface area (TPSA) is 73.8 Å². The van der Waals surface area contributed by atoms with Crippen LogP contribution in [-0.4, -0.2) is 17.1 Å². The van der Waals surface area contributed by atoms with Gasteiger partial charge in [0.1, 0.15) is 5.76 Å². The third kappa shape index (κ3) is 3.85. The van der Waals surface area contributed by atoms with Crippen molar-refractivity contribution in [1.29, 1.82) is 0 Å². The molecule has 4 rings (SSSR count). The molecule has 1 aliphatic heterocycles. The Morgan fingerprint density at radius 2 is 2.13 bits per heavy atom. The first-order chi connectivity index (χ1) is 14.4. The molecule has 154 valence electrons. The Labute approximate surface area is 197 Å². The number of fused-ring (bicyclic) bond motifs is 1. The number of carbonyl (C=O) groups is 1. The number of nitrogens with zero attached hydrogens (tertiary/aromatic N) is 2. The molecule has 3 heterocycles. The molecular weight excluding hydrogens is 583 g/mol. The first kappa shape index (κ1) is 21.3. The first-order valence-electron chi connectivity index (χ1n) is 9.10. The molecule has 2 aromatic heterocycles. The second-order valence-corrected chi connectivity index (χ2v) is 9.33. The summed E-state index contributed by atoms with van der Waals surface area (Å²) in [5.74, 6) is 0.0977. The molecule has 6 nitrogen and oxygen atoms in total. The van der Waals surface area contributed by atoms with E-state index in [0.29, 0.717) is 30.1 Å². The van der Waals surface area contributed by atoms with E-state index < -0.39 is 12.0 Å². The lowest BCUT2D eigenvalue weighted by Crippen LogP contribution is -2.39. The fraction of sp³-hybridized carbons (Fsp3) is 0.190. The van der Waals surface area contributed by atoms with Crippen molar-refractivity contribution in [3.8, 4) is 0 Å².